The zero-order valence-corrected chi connectivity index (χ0v) is 7.12. The van der Waals surface area contributed by atoms with Gasteiger partial charge in [-0.15, -0.1) is 8.39 Å². The van der Waals surface area contributed by atoms with E-state index in [4.69, 9.17) is 0 Å². The monoisotopic (exact) mass is 194 g/mol. The average Bonchev–Trinajstić information content (AvgIpc) is 1.85. The Kier molecular flexibility index (Phi) is 2.58. The minimum Gasteiger partial charge on any atom is -0.418 e. The molecular formula is C6H5F2OPS. The molecule has 0 amide bonds. The second-order valence-corrected chi connectivity index (χ2v) is 4.11. The maximum atomic E-state index is 12.1. The molecule has 0 radical (unpaired) electrons. The summed E-state index contributed by atoms with van der Waals surface area (Å²) >= 11 is 3.82. The zero-order valence-electron chi connectivity index (χ0n) is 5.41. The lowest BCUT2D eigenvalue weighted by Gasteiger charge is -2.04. The van der Waals surface area contributed by atoms with E-state index in [-0.39, 0.29) is 5.75 Å². The minimum absolute atomic E-state index is 0.126. The molecule has 0 unspecified atom stereocenters. The van der Waals surface area contributed by atoms with E-state index in [1.165, 1.54) is 12.1 Å². The second kappa shape index (κ2) is 3.28. The quantitative estimate of drug-likeness (QED) is 0.668. The van der Waals surface area contributed by atoms with Crippen LogP contribution < -0.4 is 4.52 Å². The molecule has 0 saturated carbocycles. The van der Waals surface area contributed by atoms with Crippen LogP contribution in [0.25, 0.3) is 0 Å². The molecule has 0 N–H and O–H groups in total. The first-order chi connectivity index (χ1) is 5.08. The van der Waals surface area contributed by atoms with Crippen molar-refractivity contribution >= 4 is 18.7 Å². The summed E-state index contributed by atoms with van der Waals surface area (Å²) in [6.07, 6.45) is 0. The maximum Gasteiger partial charge on any atom is 0.457 e. The van der Waals surface area contributed by atoms with Crippen LogP contribution in [0, 0.1) is 0 Å². The third kappa shape index (κ3) is 3.44. The lowest BCUT2D eigenvalue weighted by molar-refractivity contribution is 0.503. The number of benzene rings is 1. The Balaban J connectivity index is 2.74. The molecule has 0 aliphatic carbocycles. The van der Waals surface area contributed by atoms with Gasteiger partial charge in [0.05, 0.1) is 0 Å². The summed E-state index contributed by atoms with van der Waals surface area (Å²) < 4.78 is 28.4. The highest BCUT2D eigenvalue weighted by Gasteiger charge is 2.14. The Morgan fingerprint density at radius 3 is 2.18 bits per heavy atom. The molecule has 1 rings (SSSR count). The summed E-state index contributed by atoms with van der Waals surface area (Å²) in [5, 5.41) is 0. The van der Waals surface area contributed by atoms with Crippen molar-refractivity contribution in [3.63, 3.8) is 0 Å². The lowest BCUT2D eigenvalue weighted by atomic mass is 10.3. The van der Waals surface area contributed by atoms with Gasteiger partial charge >= 0.3 is 6.89 Å². The van der Waals surface area contributed by atoms with E-state index in [0.29, 0.717) is 0 Å². The highest BCUT2D eigenvalue weighted by Crippen LogP contribution is 2.50. The van der Waals surface area contributed by atoms with Gasteiger partial charge in [0.1, 0.15) is 5.75 Å². The number of para-hydroxylation sites is 1. The molecule has 0 spiro atoms. The highest BCUT2D eigenvalue weighted by atomic mass is 32.5. The van der Waals surface area contributed by atoms with Gasteiger partial charge in [0.2, 0.25) is 0 Å². The summed E-state index contributed by atoms with van der Waals surface area (Å²) in [5.74, 6) is 0.126. The van der Waals surface area contributed by atoms with Crippen molar-refractivity contribution in [2.24, 2.45) is 0 Å². The first-order valence-corrected chi connectivity index (χ1v) is 5.32. The summed E-state index contributed by atoms with van der Waals surface area (Å²) in [5.41, 5.74) is 0. The van der Waals surface area contributed by atoms with Gasteiger partial charge in [0.15, 0.2) is 0 Å². The van der Waals surface area contributed by atoms with Crippen LogP contribution in [-0.4, -0.2) is 0 Å². The number of rotatable bonds is 2. The van der Waals surface area contributed by atoms with Gasteiger partial charge in [0, 0.05) is 11.8 Å². The fourth-order valence-corrected chi connectivity index (χ4v) is 1.23. The molecule has 11 heavy (non-hydrogen) atoms. The average molecular weight is 194 g/mol. The van der Waals surface area contributed by atoms with Crippen LogP contribution in [-0.2, 0) is 11.8 Å². The van der Waals surface area contributed by atoms with Gasteiger partial charge < -0.3 is 4.52 Å². The largest absolute Gasteiger partial charge is 0.457 e. The van der Waals surface area contributed by atoms with E-state index in [1.807, 2.05) is 0 Å². The Morgan fingerprint density at radius 1 is 1.18 bits per heavy atom. The van der Waals surface area contributed by atoms with Gasteiger partial charge in [-0.25, -0.2) is 0 Å². The van der Waals surface area contributed by atoms with E-state index in [1.54, 1.807) is 18.2 Å². The Hall–Kier alpha value is -0.470. The predicted molar refractivity (Wildman–Crippen MR) is 43.6 cm³/mol. The summed E-state index contributed by atoms with van der Waals surface area (Å²) in [6, 6.07) is 7.83. The molecule has 0 heterocycles. The highest BCUT2D eigenvalue weighted by molar-refractivity contribution is 8.07. The van der Waals surface area contributed by atoms with Gasteiger partial charge in [-0.05, 0) is 12.1 Å². The molecule has 0 saturated heterocycles. The van der Waals surface area contributed by atoms with E-state index < -0.39 is 6.89 Å². The fourth-order valence-electron chi connectivity index (χ4n) is 0.604. The van der Waals surface area contributed by atoms with Crippen molar-refractivity contribution in [2.75, 3.05) is 0 Å². The molecule has 1 aromatic carbocycles. The van der Waals surface area contributed by atoms with Crippen LogP contribution >= 0.6 is 6.89 Å². The third-order valence-corrected chi connectivity index (χ3v) is 1.60. The van der Waals surface area contributed by atoms with Gasteiger partial charge in [-0.2, -0.15) is 0 Å². The second-order valence-electron chi connectivity index (χ2n) is 1.82. The van der Waals surface area contributed by atoms with Crippen molar-refractivity contribution < 1.29 is 12.9 Å². The van der Waals surface area contributed by atoms with E-state index in [9.17, 15) is 8.39 Å². The van der Waals surface area contributed by atoms with Crippen molar-refractivity contribution in [1.29, 1.82) is 0 Å². The standard InChI is InChI=1S/C6H5F2OPS/c7-10(8,11)9-6-4-2-1-3-5-6/h1-5H. The topological polar surface area (TPSA) is 9.23 Å². The lowest BCUT2D eigenvalue weighted by Crippen LogP contribution is -1.80. The Morgan fingerprint density at radius 2 is 1.73 bits per heavy atom. The normalized spacial score (nSPS) is 11.1. The van der Waals surface area contributed by atoms with Crippen molar-refractivity contribution in [2.45, 2.75) is 0 Å². The Labute approximate surface area is 68.3 Å². The fraction of sp³-hybridized carbons (Fsp3) is 0. The predicted octanol–water partition coefficient (Wildman–Crippen LogP) is 3.23. The van der Waals surface area contributed by atoms with E-state index in [2.05, 4.69) is 16.3 Å². The zero-order chi connectivity index (χ0) is 8.32. The summed E-state index contributed by atoms with van der Waals surface area (Å²) in [7, 11) is 0. The van der Waals surface area contributed by atoms with Crippen molar-refractivity contribution in [3.05, 3.63) is 30.3 Å². The van der Waals surface area contributed by atoms with Gasteiger partial charge in [-0.3, -0.25) is 0 Å². The molecule has 0 bridgehead atoms. The first kappa shape index (κ1) is 8.62. The van der Waals surface area contributed by atoms with Crippen LogP contribution in [0.1, 0.15) is 0 Å². The molecule has 0 aromatic heterocycles. The molecule has 60 valence electrons. The van der Waals surface area contributed by atoms with Gasteiger partial charge in [0.25, 0.3) is 0 Å². The smallest absolute Gasteiger partial charge is 0.418 e. The number of halogens is 2. The summed E-state index contributed by atoms with van der Waals surface area (Å²) in [4.78, 5) is 0. The third-order valence-electron chi connectivity index (χ3n) is 0.955. The van der Waals surface area contributed by atoms with Crippen molar-refractivity contribution in [3.8, 4) is 5.75 Å². The maximum absolute atomic E-state index is 12.1. The van der Waals surface area contributed by atoms with Crippen LogP contribution in [0.3, 0.4) is 0 Å². The molecule has 1 aromatic rings. The minimum atomic E-state index is -4.55. The van der Waals surface area contributed by atoms with Crippen LogP contribution in [0.2, 0.25) is 0 Å². The van der Waals surface area contributed by atoms with Crippen LogP contribution in [0.15, 0.2) is 30.3 Å². The van der Waals surface area contributed by atoms with Crippen LogP contribution in [0.4, 0.5) is 8.39 Å². The van der Waals surface area contributed by atoms with Crippen LogP contribution in [0.5, 0.6) is 5.75 Å². The molecular weight excluding hydrogens is 189 g/mol. The molecule has 5 heteroatoms. The first-order valence-electron chi connectivity index (χ1n) is 2.82. The SMILES string of the molecule is FP(F)(=S)Oc1ccccc1. The summed E-state index contributed by atoms with van der Waals surface area (Å²) in [6.45, 7) is -4.55. The Bertz CT molecular complexity index is 271. The molecule has 0 atom stereocenters. The van der Waals surface area contributed by atoms with Gasteiger partial charge in [-0.1, -0.05) is 18.2 Å². The molecule has 0 aliphatic heterocycles. The number of hydrogen-bond acceptors (Lipinski definition) is 2. The molecule has 0 aliphatic rings. The van der Waals surface area contributed by atoms with Crippen molar-refractivity contribution in [1.82, 2.24) is 0 Å². The molecule has 1 nitrogen and oxygen atoms in total. The number of hydrogen-bond donors (Lipinski definition) is 0. The molecule has 0 fully saturated rings. The van der Waals surface area contributed by atoms with E-state index in [0.717, 1.165) is 0 Å². The van der Waals surface area contributed by atoms with E-state index >= 15 is 0 Å².